The summed E-state index contributed by atoms with van der Waals surface area (Å²) in [7, 11) is 1.46. The van der Waals surface area contributed by atoms with Gasteiger partial charge in [0.1, 0.15) is 0 Å². The van der Waals surface area contributed by atoms with E-state index in [2.05, 4.69) is 36.8 Å². The first kappa shape index (κ1) is 14.7. The predicted octanol–water partition coefficient (Wildman–Crippen LogP) is 4.32. The summed E-state index contributed by atoms with van der Waals surface area (Å²) in [6.07, 6.45) is 1.56. The van der Waals surface area contributed by atoms with Gasteiger partial charge in [0, 0.05) is 16.7 Å². The van der Waals surface area contributed by atoms with E-state index in [0.717, 1.165) is 4.47 Å². The average Bonchev–Trinajstić information content (AvgIpc) is 2.41. The molecule has 0 bridgehead atoms. The first-order chi connectivity index (χ1) is 9.51. The van der Waals surface area contributed by atoms with Crippen LogP contribution in [0.25, 0.3) is 0 Å². The molecule has 0 aliphatic heterocycles. The summed E-state index contributed by atoms with van der Waals surface area (Å²) in [5.74, 6) is 0.886. The lowest BCUT2D eigenvalue weighted by atomic mass is 10.3. The fourth-order valence-corrected chi connectivity index (χ4v) is 2.51. The number of nitro groups is 1. The summed E-state index contributed by atoms with van der Waals surface area (Å²) in [6, 6.07) is 5.86. The molecule has 0 fully saturated rings. The Labute approximate surface area is 131 Å². The molecule has 1 aromatic carbocycles. The molecule has 2 rings (SSSR count). The monoisotopic (exact) mass is 402 g/mol. The highest BCUT2D eigenvalue weighted by molar-refractivity contribution is 9.11. The van der Waals surface area contributed by atoms with Crippen LogP contribution in [-0.2, 0) is 0 Å². The predicted molar refractivity (Wildman–Crippen MR) is 79.4 cm³/mol. The minimum atomic E-state index is -0.504. The first-order valence-electron chi connectivity index (χ1n) is 5.32. The Morgan fingerprint density at radius 1 is 1.25 bits per heavy atom. The average molecular weight is 404 g/mol. The van der Waals surface area contributed by atoms with E-state index in [1.807, 2.05) is 0 Å². The number of ether oxygens (including phenoxy) is 2. The normalized spacial score (nSPS) is 10.2. The second-order valence-electron chi connectivity index (χ2n) is 3.63. The molecule has 0 atom stereocenters. The fraction of sp³-hybridized carbons (Fsp3) is 0.0833. The van der Waals surface area contributed by atoms with Gasteiger partial charge in [-0.2, -0.15) is 0 Å². The van der Waals surface area contributed by atoms with E-state index < -0.39 is 4.92 Å². The van der Waals surface area contributed by atoms with Crippen LogP contribution in [0, 0.1) is 10.1 Å². The number of hydrogen-bond acceptors (Lipinski definition) is 5. The standard InChI is InChI=1S/C12H8Br2N2O4/c1-19-10-3-2-8(16(17)18)5-11(10)20-12-9(14)4-7(13)6-15-12/h2-6H,1H3. The van der Waals surface area contributed by atoms with Crippen molar-refractivity contribution in [3.63, 3.8) is 0 Å². The van der Waals surface area contributed by atoms with Gasteiger partial charge >= 0.3 is 0 Å². The SMILES string of the molecule is COc1ccc([N+](=O)[O-])cc1Oc1ncc(Br)cc1Br. The van der Waals surface area contributed by atoms with Gasteiger partial charge in [-0.05, 0) is 44.0 Å². The Balaban J connectivity index is 2.40. The van der Waals surface area contributed by atoms with Crippen LogP contribution in [0.5, 0.6) is 17.4 Å². The van der Waals surface area contributed by atoms with Crippen LogP contribution in [0.2, 0.25) is 0 Å². The van der Waals surface area contributed by atoms with Crippen molar-refractivity contribution >= 4 is 37.5 Å². The van der Waals surface area contributed by atoms with Crippen LogP contribution >= 0.6 is 31.9 Å². The Bertz CT molecular complexity index is 664. The molecule has 0 aliphatic carbocycles. The van der Waals surface area contributed by atoms with Crippen LogP contribution in [-0.4, -0.2) is 17.0 Å². The van der Waals surface area contributed by atoms with Crippen LogP contribution in [0.15, 0.2) is 39.4 Å². The van der Waals surface area contributed by atoms with Crippen molar-refractivity contribution in [1.82, 2.24) is 4.98 Å². The maximum atomic E-state index is 10.8. The summed E-state index contributed by atoms with van der Waals surface area (Å²) >= 11 is 6.58. The zero-order valence-electron chi connectivity index (χ0n) is 10.2. The quantitative estimate of drug-likeness (QED) is 0.561. The highest BCUT2D eigenvalue weighted by Crippen LogP contribution is 2.36. The number of aromatic nitrogens is 1. The van der Waals surface area contributed by atoms with E-state index >= 15 is 0 Å². The maximum Gasteiger partial charge on any atom is 0.273 e. The van der Waals surface area contributed by atoms with E-state index in [0.29, 0.717) is 10.2 Å². The molecule has 8 heteroatoms. The molecule has 0 spiro atoms. The summed E-state index contributed by atoms with van der Waals surface area (Å²) in [4.78, 5) is 14.4. The smallest absolute Gasteiger partial charge is 0.273 e. The molecule has 0 saturated carbocycles. The minimum Gasteiger partial charge on any atom is -0.493 e. The molecule has 0 radical (unpaired) electrons. The van der Waals surface area contributed by atoms with E-state index in [1.165, 1.54) is 25.3 Å². The van der Waals surface area contributed by atoms with Gasteiger partial charge in [0.25, 0.3) is 5.69 Å². The van der Waals surface area contributed by atoms with E-state index in [1.54, 1.807) is 12.3 Å². The Kier molecular flexibility index (Phi) is 4.56. The van der Waals surface area contributed by atoms with Crippen molar-refractivity contribution in [3.05, 3.63) is 49.5 Å². The Hall–Kier alpha value is -1.67. The van der Waals surface area contributed by atoms with Crippen molar-refractivity contribution in [2.75, 3.05) is 7.11 Å². The zero-order chi connectivity index (χ0) is 14.7. The summed E-state index contributed by atoms with van der Waals surface area (Å²) in [5, 5.41) is 10.8. The molecule has 104 valence electrons. The lowest BCUT2D eigenvalue weighted by Crippen LogP contribution is -1.95. The largest absolute Gasteiger partial charge is 0.493 e. The minimum absolute atomic E-state index is 0.0889. The number of halogens is 2. The molecule has 20 heavy (non-hydrogen) atoms. The lowest BCUT2D eigenvalue weighted by molar-refractivity contribution is -0.384. The number of nitrogens with zero attached hydrogens (tertiary/aromatic N) is 2. The van der Waals surface area contributed by atoms with E-state index in [4.69, 9.17) is 9.47 Å². The Morgan fingerprint density at radius 2 is 2.00 bits per heavy atom. The van der Waals surface area contributed by atoms with Crippen molar-refractivity contribution in [2.24, 2.45) is 0 Å². The highest BCUT2D eigenvalue weighted by atomic mass is 79.9. The lowest BCUT2D eigenvalue weighted by Gasteiger charge is -2.10. The number of rotatable bonds is 4. The molecular weight excluding hydrogens is 396 g/mol. The molecule has 2 aromatic rings. The third-order valence-corrected chi connectivity index (χ3v) is 3.34. The topological polar surface area (TPSA) is 74.5 Å². The number of non-ortho nitro benzene ring substituents is 1. The number of hydrogen-bond donors (Lipinski definition) is 0. The summed E-state index contributed by atoms with van der Waals surface area (Å²) in [6.45, 7) is 0. The highest BCUT2D eigenvalue weighted by Gasteiger charge is 2.15. The van der Waals surface area contributed by atoms with Crippen molar-refractivity contribution in [2.45, 2.75) is 0 Å². The van der Waals surface area contributed by atoms with Crippen molar-refractivity contribution in [3.8, 4) is 17.4 Å². The van der Waals surface area contributed by atoms with Gasteiger partial charge in [-0.3, -0.25) is 10.1 Å². The summed E-state index contributed by atoms with van der Waals surface area (Å²) in [5.41, 5.74) is -0.0889. The van der Waals surface area contributed by atoms with Gasteiger partial charge in [0.15, 0.2) is 11.5 Å². The second-order valence-corrected chi connectivity index (χ2v) is 5.40. The van der Waals surface area contributed by atoms with Gasteiger partial charge in [-0.25, -0.2) is 4.98 Å². The summed E-state index contributed by atoms with van der Waals surface area (Å²) < 4.78 is 12.1. The van der Waals surface area contributed by atoms with Crippen molar-refractivity contribution in [1.29, 1.82) is 0 Å². The number of benzene rings is 1. The van der Waals surface area contributed by atoms with Crippen LogP contribution in [0.4, 0.5) is 5.69 Å². The molecule has 6 nitrogen and oxygen atoms in total. The van der Waals surface area contributed by atoms with Gasteiger partial charge in [0.2, 0.25) is 5.88 Å². The van der Waals surface area contributed by atoms with E-state index in [9.17, 15) is 10.1 Å². The van der Waals surface area contributed by atoms with Crippen LogP contribution < -0.4 is 9.47 Å². The third-order valence-electron chi connectivity index (χ3n) is 2.34. The Morgan fingerprint density at radius 3 is 2.60 bits per heavy atom. The van der Waals surface area contributed by atoms with Gasteiger partial charge in [-0.15, -0.1) is 0 Å². The molecule has 0 unspecified atom stereocenters. The fourth-order valence-electron chi connectivity index (χ4n) is 1.44. The van der Waals surface area contributed by atoms with Crippen LogP contribution in [0.1, 0.15) is 0 Å². The van der Waals surface area contributed by atoms with Gasteiger partial charge in [-0.1, -0.05) is 0 Å². The number of nitro benzene ring substituents is 1. The van der Waals surface area contributed by atoms with Gasteiger partial charge in [0.05, 0.1) is 22.6 Å². The molecule has 0 N–H and O–H groups in total. The molecule has 0 amide bonds. The molecule has 0 aliphatic rings. The van der Waals surface area contributed by atoms with E-state index in [-0.39, 0.29) is 17.3 Å². The van der Waals surface area contributed by atoms with Gasteiger partial charge < -0.3 is 9.47 Å². The first-order valence-corrected chi connectivity index (χ1v) is 6.91. The number of methoxy groups -OCH3 is 1. The van der Waals surface area contributed by atoms with Crippen molar-refractivity contribution < 1.29 is 14.4 Å². The maximum absolute atomic E-state index is 10.8. The molecule has 1 aromatic heterocycles. The zero-order valence-corrected chi connectivity index (χ0v) is 13.3. The number of pyridine rings is 1. The second kappa shape index (κ2) is 6.19. The van der Waals surface area contributed by atoms with Crippen LogP contribution in [0.3, 0.4) is 0 Å². The third kappa shape index (κ3) is 3.26. The molecular formula is C12H8Br2N2O4. The molecule has 1 heterocycles. The molecule has 0 saturated heterocycles.